The van der Waals surface area contributed by atoms with Gasteiger partial charge in [-0.2, -0.15) is 0 Å². The molecule has 4 rings (SSSR count). The van der Waals surface area contributed by atoms with Crippen LogP contribution in [0.15, 0.2) is 75.6 Å². The van der Waals surface area contributed by atoms with Gasteiger partial charge in [0.15, 0.2) is 5.65 Å². The van der Waals surface area contributed by atoms with Crippen molar-refractivity contribution in [1.29, 1.82) is 0 Å². The summed E-state index contributed by atoms with van der Waals surface area (Å²) in [5, 5.41) is 4.86. The molecule has 0 fully saturated rings. The molecular weight excluding hydrogens is 358 g/mol. The highest BCUT2D eigenvalue weighted by atomic mass is 32.2. The first kappa shape index (κ1) is 16.5. The Bertz CT molecular complexity index is 1140. The van der Waals surface area contributed by atoms with Crippen molar-refractivity contribution in [3.05, 3.63) is 88.6 Å². The quantitative estimate of drug-likeness (QED) is 0.553. The average molecular weight is 370 g/mol. The third kappa shape index (κ3) is 3.23. The Labute approximate surface area is 150 Å². The van der Waals surface area contributed by atoms with Gasteiger partial charge in [-0.25, -0.2) is 27.6 Å². The molecule has 26 heavy (non-hydrogen) atoms. The average Bonchev–Trinajstić information content (AvgIpc) is 2.94. The lowest BCUT2D eigenvalue weighted by Gasteiger charge is -2.01. The van der Waals surface area contributed by atoms with Crippen LogP contribution in [0, 0.1) is 11.6 Å². The Kier molecular flexibility index (Phi) is 4.26. The van der Waals surface area contributed by atoms with Crippen LogP contribution in [0.1, 0.15) is 5.56 Å². The van der Waals surface area contributed by atoms with E-state index in [4.69, 9.17) is 0 Å². The van der Waals surface area contributed by atoms with Gasteiger partial charge in [-0.3, -0.25) is 0 Å². The van der Waals surface area contributed by atoms with Crippen LogP contribution in [-0.2, 0) is 6.54 Å². The minimum absolute atomic E-state index is 0.152. The number of nitrogens with zero attached hydrogens (tertiary/aromatic N) is 4. The number of hydrogen-bond donors (Lipinski definition) is 0. The second-order valence-corrected chi connectivity index (χ2v) is 6.61. The van der Waals surface area contributed by atoms with E-state index in [-0.39, 0.29) is 23.9 Å². The summed E-state index contributed by atoms with van der Waals surface area (Å²) in [5.41, 5.74) is 0.687. The molecule has 0 radical (unpaired) electrons. The van der Waals surface area contributed by atoms with Crippen LogP contribution in [0.4, 0.5) is 8.78 Å². The highest BCUT2D eigenvalue weighted by Crippen LogP contribution is 2.28. The first-order valence-corrected chi connectivity index (χ1v) is 8.54. The zero-order chi connectivity index (χ0) is 18.1. The fourth-order valence-electron chi connectivity index (χ4n) is 2.52. The van der Waals surface area contributed by atoms with Gasteiger partial charge in [-0.15, -0.1) is 5.10 Å². The zero-order valence-electron chi connectivity index (χ0n) is 13.3. The van der Waals surface area contributed by atoms with E-state index in [1.165, 1.54) is 57.5 Å². The van der Waals surface area contributed by atoms with Gasteiger partial charge in [0, 0.05) is 17.3 Å². The number of rotatable bonds is 4. The van der Waals surface area contributed by atoms with E-state index in [2.05, 4.69) is 10.1 Å². The molecule has 0 unspecified atom stereocenters. The molecule has 5 nitrogen and oxygen atoms in total. The van der Waals surface area contributed by atoms with Crippen LogP contribution in [0.2, 0.25) is 0 Å². The molecule has 0 amide bonds. The second kappa shape index (κ2) is 6.72. The van der Waals surface area contributed by atoms with Crippen LogP contribution in [0.25, 0.3) is 5.65 Å². The smallest absolute Gasteiger partial charge is 0.246 e. The van der Waals surface area contributed by atoms with Gasteiger partial charge in [0.2, 0.25) is 0 Å². The molecule has 0 saturated carbocycles. The summed E-state index contributed by atoms with van der Waals surface area (Å²) < 4.78 is 29.1. The maximum absolute atomic E-state index is 13.4. The monoisotopic (exact) mass is 370 g/mol. The van der Waals surface area contributed by atoms with E-state index in [1.54, 1.807) is 24.3 Å². The Morgan fingerprint density at radius 2 is 1.85 bits per heavy atom. The molecule has 0 saturated heterocycles. The van der Waals surface area contributed by atoms with Crippen molar-refractivity contribution in [3.8, 4) is 0 Å². The maximum Gasteiger partial charge on any atom is 0.350 e. The van der Waals surface area contributed by atoms with Gasteiger partial charge in [0.25, 0.3) is 0 Å². The van der Waals surface area contributed by atoms with E-state index in [9.17, 15) is 13.6 Å². The molecule has 2 aromatic carbocycles. The van der Waals surface area contributed by atoms with E-state index in [0.29, 0.717) is 16.2 Å². The van der Waals surface area contributed by atoms with Crippen molar-refractivity contribution in [2.75, 3.05) is 0 Å². The fraction of sp³-hybridized carbons (Fsp3) is 0.0556. The van der Waals surface area contributed by atoms with Crippen molar-refractivity contribution in [2.45, 2.75) is 16.5 Å². The van der Waals surface area contributed by atoms with Gasteiger partial charge in [-0.05, 0) is 42.0 Å². The Morgan fingerprint density at radius 3 is 2.62 bits per heavy atom. The first-order valence-electron chi connectivity index (χ1n) is 7.72. The molecule has 0 bridgehead atoms. The summed E-state index contributed by atoms with van der Waals surface area (Å²) >= 11 is 1.28. The van der Waals surface area contributed by atoms with Gasteiger partial charge in [0.05, 0.1) is 6.54 Å². The summed E-state index contributed by atoms with van der Waals surface area (Å²) in [6.07, 6.45) is 3.04. The minimum atomic E-state index is -0.367. The van der Waals surface area contributed by atoms with Crippen molar-refractivity contribution in [2.24, 2.45) is 0 Å². The lowest BCUT2D eigenvalue weighted by atomic mass is 10.2. The molecule has 0 aliphatic heterocycles. The SMILES string of the molecule is O=c1n(Cc2cccc(F)c2)nc2c(Sc3ccc(F)cc3)nccn12. The van der Waals surface area contributed by atoms with Gasteiger partial charge in [-0.1, -0.05) is 23.9 Å². The molecule has 0 aliphatic carbocycles. The molecular formula is C18H12F2N4OS. The predicted molar refractivity (Wildman–Crippen MR) is 93.3 cm³/mol. The van der Waals surface area contributed by atoms with Crippen LogP contribution in [-0.4, -0.2) is 19.2 Å². The number of aromatic nitrogens is 4. The molecule has 0 N–H and O–H groups in total. The van der Waals surface area contributed by atoms with Crippen molar-refractivity contribution < 1.29 is 8.78 Å². The summed E-state index contributed by atoms with van der Waals surface area (Å²) in [4.78, 5) is 17.6. The van der Waals surface area contributed by atoms with Crippen molar-refractivity contribution in [3.63, 3.8) is 0 Å². The summed E-state index contributed by atoms with van der Waals surface area (Å²) in [5.74, 6) is -0.690. The lowest BCUT2D eigenvalue weighted by molar-refractivity contribution is 0.615. The molecule has 2 heterocycles. The molecule has 0 atom stereocenters. The van der Waals surface area contributed by atoms with E-state index >= 15 is 0 Å². The maximum atomic E-state index is 13.4. The second-order valence-electron chi connectivity index (χ2n) is 5.55. The molecule has 2 aromatic heterocycles. The van der Waals surface area contributed by atoms with Gasteiger partial charge < -0.3 is 0 Å². The topological polar surface area (TPSA) is 52.2 Å². The summed E-state index contributed by atoms with van der Waals surface area (Å²) in [6, 6.07) is 12.0. The van der Waals surface area contributed by atoms with Crippen LogP contribution in [0.5, 0.6) is 0 Å². The largest absolute Gasteiger partial charge is 0.350 e. The first-order chi connectivity index (χ1) is 12.6. The summed E-state index contributed by atoms with van der Waals surface area (Å²) in [6.45, 7) is 0.152. The van der Waals surface area contributed by atoms with Crippen LogP contribution >= 0.6 is 11.8 Å². The molecule has 0 aliphatic rings. The van der Waals surface area contributed by atoms with E-state index < -0.39 is 0 Å². The number of fused-ring (bicyclic) bond motifs is 1. The van der Waals surface area contributed by atoms with Crippen molar-refractivity contribution in [1.82, 2.24) is 19.2 Å². The third-order valence-electron chi connectivity index (χ3n) is 3.72. The van der Waals surface area contributed by atoms with E-state index in [1.807, 2.05) is 0 Å². The third-order valence-corrected chi connectivity index (χ3v) is 4.71. The standard InChI is InChI=1S/C18H12F2N4OS/c19-13-4-6-15(7-5-13)26-17-16-22-24(18(25)23(16)9-8-21-17)11-12-2-1-3-14(20)10-12/h1-10H,11H2. The number of halogens is 2. The molecule has 4 aromatic rings. The highest BCUT2D eigenvalue weighted by Gasteiger charge is 2.13. The molecule has 8 heteroatoms. The van der Waals surface area contributed by atoms with Crippen molar-refractivity contribution >= 4 is 17.4 Å². The van der Waals surface area contributed by atoms with Gasteiger partial charge in [0.1, 0.15) is 16.7 Å². The summed E-state index contributed by atoms with van der Waals surface area (Å²) in [7, 11) is 0. The van der Waals surface area contributed by atoms with Crippen LogP contribution < -0.4 is 5.69 Å². The number of hydrogen-bond acceptors (Lipinski definition) is 4. The van der Waals surface area contributed by atoms with Crippen LogP contribution in [0.3, 0.4) is 0 Å². The normalized spacial score (nSPS) is 11.2. The Balaban J connectivity index is 1.72. The highest BCUT2D eigenvalue weighted by molar-refractivity contribution is 7.99. The Morgan fingerprint density at radius 1 is 1.04 bits per heavy atom. The predicted octanol–water partition coefficient (Wildman–Crippen LogP) is 3.37. The molecule has 0 spiro atoms. The number of benzene rings is 2. The Hall–Kier alpha value is -3.00. The zero-order valence-corrected chi connectivity index (χ0v) is 14.2. The molecule has 130 valence electrons. The van der Waals surface area contributed by atoms with Gasteiger partial charge >= 0.3 is 5.69 Å². The van der Waals surface area contributed by atoms with E-state index in [0.717, 1.165) is 4.90 Å². The minimum Gasteiger partial charge on any atom is -0.246 e. The lowest BCUT2D eigenvalue weighted by Crippen LogP contribution is -2.21. The fourth-order valence-corrected chi connectivity index (χ4v) is 3.36.